The van der Waals surface area contributed by atoms with Crippen LogP contribution < -0.4 is 10.2 Å². The van der Waals surface area contributed by atoms with Gasteiger partial charge in [-0.3, -0.25) is 4.79 Å². The molecule has 0 aliphatic carbocycles. The Bertz CT molecular complexity index is 712. The topological polar surface area (TPSA) is 88.0 Å². The first-order valence-corrected chi connectivity index (χ1v) is 6.58. The molecule has 0 radical (unpaired) electrons. The van der Waals surface area contributed by atoms with E-state index in [2.05, 4.69) is 10.5 Å². The van der Waals surface area contributed by atoms with Gasteiger partial charge in [-0.25, -0.2) is 14.6 Å². The Balaban J connectivity index is 1.88. The third-order valence-corrected chi connectivity index (χ3v) is 2.73. The van der Waals surface area contributed by atoms with E-state index in [9.17, 15) is 14.0 Å². The zero-order valence-corrected chi connectivity index (χ0v) is 11.9. The summed E-state index contributed by atoms with van der Waals surface area (Å²) in [6.45, 7) is -0.416. The second-order valence-electron chi connectivity index (χ2n) is 4.46. The molecular formula is C16H13FN2O4. The lowest BCUT2D eigenvalue weighted by Gasteiger charge is -2.03. The zero-order chi connectivity index (χ0) is 16.7. The van der Waals surface area contributed by atoms with Gasteiger partial charge in [0.2, 0.25) is 0 Å². The van der Waals surface area contributed by atoms with E-state index in [1.165, 1.54) is 30.5 Å². The van der Waals surface area contributed by atoms with Gasteiger partial charge in [0.15, 0.2) is 6.61 Å². The van der Waals surface area contributed by atoms with Gasteiger partial charge in [0, 0.05) is 5.56 Å². The number of hydrogen-bond donors (Lipinski definition) is 2. The number of nitrogens with zero attached hydrogens (tertiary/aromatic N) is 1. The van der Waals surface area contributed by atoms with Crippen molar-refractivity contribution in [3.05, 3.63) is 65.5 Å². The molecule has 2 rings (SSSR count). The first-order chi connectivity index (χ1) is 11.0. The number of carboxylic acids is 1. The SMILES string of the molecule is O=C(O)COc1ccc(/C=N/NC(=O)c2ccc(F)cc2)cc1. The van der Waals surface area contributed by atoms with Crippen LogP contribution in [-0.2, 0) is 4.79 Å². The Labute approximate surface area is 131 Å². The summed E-state index contributed by atoms with van der Waals surface area (Å²) in [7, 11) is 0. The summed E-state index contributed by atoms with van der Waals surface area (Å²) in [5.74, 6) is -1.52. The van der Waals surface area contributed by atoms with Crippen molar-refractivity contribution < 1.29 is 23.8 Å². The van der Waals surface area contributed by atoms with E-state index >= 15 is 0 Å². The van der Waals surface area contributed by atoms with Crippen molar-refractivity contribution in [1.82, 2.24) is 5.43 Å². The van der Waals surface area contributed by atoms with Crippen LogP contribution in [0, 0.1) is 5.82 Å². The number of carbonyl (C=O) groups excluding carboxylic acids is 1. The molecule has 2 aromatic rings. The molecule has 0 fully saturated rings. The Kier molecular flexibility index (Phi) is 5.40. The minimum absolute atomic E-state index is 0.293. The summed E-state index contributed by atoms with van der Waals surface area (Å²) in [5, 5.41) is 12.3. The van der Waals surface area contributed by atoms with Crippen LogP contribution in [0.2, 0.25) is 0 Å². The molecule has 0 bridgehead atoms. The fourth-order valence-electron chi connectivity index (χ4n) is 1.63. The number of carboxylic acid groups (broad SMARTS) is 1. The lowest BCUT2D eigenvalue weighted by molar-refractivity contribution is -0.139. The molecule has 0 heterocycles. The van der Waals surface area contributed by atoms with Crippen molar-refractivity contribution in [2.45, 2.75) is 0 Å². The first kappa shape index (κ1) is 16.2. The molecule has 0 aliphatic rings. The molecule has 7 heteroatoms. The lowest BCUT2D eigenvalue weighted by atomic mass is 10.2. The molecule has 0 saturated carbocycles. The van der Waals surface area contributed by atoms with Crippen LogP contribution in [0.15, 0.2) is 53.6 Å². The van der Waals surface area contributed by atoms with E-state index in [1.54, 1.807) is 24.3 Å². The number of ether oxygens (including phenoxy) is 1. The first-order valence-electron chi connectivity index (χ1n) is 6.58. The van der Waals surface area contributed by atoms with Crippen LogP contribution >= 0.6 is 0 Å². The van der Waals surface area contributed by atoms with Crippen LogP contribution in [-0.4, -0.2) is 29.8 Å². The molecule has 2 N–H and O–H groups in total. The number of nitrogens with one attached hydrogen (secondary N) is 1. The smallest absolute Gasteiger partial charge is 0.341 e. The Morgan fingerprint density at radius 3 is 2.39 bits per heavy atom. The van der Waals surface area contributed by atoms with E-state index in [1.807, 2.05) is 0 Å². The minimum atomic E-state index is -1.06. The quantitative estimate of drug-likeness (QED) is 0.630. The number of amides is 1. The number of hydrogen-bond acceptors (Lipinski definition) is 4. The maximum atomic E-state index is 12.8. The van der Waals surface area contributed by atoms with Crippen LogP contribution in [0.25, 0.3) is 0 Å². The molecule has 118 valence electrons. The van der Waals surface area contributed by atoms with E-state index in [-0.39, 0.29) is 0 Å². The standard InChI is InChI=1S/C16H13FN2O4/c17-13-5-3-12(4-6-13)16(22)19-18-9-11-1-7-14(8-2-11)23-10-15(20)21/h1-9H,10H2,(H,19,22)(H,20,21)/b18-9+. The van der Waals surface area contributed by atoms with E-state index in [0.717, 1.165) is 0 Å². The minimum Gasteiger partial charge on any atom is -0.482 e. The Morgan fingerprint density at radius 2 is 1.78 bits per heavy atom. The lowest BCUT2D eigenvalue weighted by Crippen LogP contribution is -2.17. The van der Waals surface area contributed by atoms with E-state index < -0.39 is 24.3 Å². The summed E-state index contributed by atoms with van der Waals surface area (Å²) in [4.78, 5) is 22.1. The fraction of sp³-hybridized carbons (Fsp3) is 0.0625. The van der Waals surface area contributed by atoms with Gasteiger partial charge in [0.05, 0.1) is 6.21 Å². The maximum absolute atomic E-state index is 12.8. The van der Waals surface area contributed by atoms with Gasteiger partial charge in [0.1, 0.15) is 11.6 Å². The molecule has 0 unspecified atom stereocenters. The number of hydrazone groups is 1. The van der Waals surface area contributed by atoms with Gasteiger partial charge in [-0.15, -0.1) is 0 Å². The second kappa shape index (κ2) is 7.69. The zero-order valence-electron chi connectivity index (χ0n) is 11.9. The summed E-state index contributed by atoms with van der Waals surface area (Å²) in [6, 6.07) is 11.6. The van der Waals surface area contributed by atoms with E-state index in [4.69, 9.17) is 9.84 Å². The van der Waals surface area contributed by atoms with Crippen LogP contribution in [0.1, 0.15) is 15.9 Å². The number of benzene rings is 2. The normalized spacial score (nSPS) is 10.5. The monoisotopic (exact) mass is 316 g/mol. The van der Waals surface area contributed by atoms with Gasteiger partial charge >= 0.3 is 5.97 Å². The van der Waals surface area contributed by atoms with Crippen LogP contribution in [0.5, 0.6) is 5.75 Å². The molecule has 0 aliphatic heterocycles. The molecule has 23 heavy (non-hydrogen) atoms. The van der Waals surface area contributed by atoms with Crippen molar-refractivity contribution in [3.63, 3.8) is 0 Å². The summed E-state index contributed by atoms with van der Waals surface area (Å²) in [6.07, 6.45) is 1.42. The molecule has 6 nitrogen and oxygen atoms in total. The highest BCUT2D eigenvalue weighted by atomic mass is 19.1. The van der Waals surface area contributed by atoms with Crippen molar-refractivity contribution in [1.29, 1.82) is 0 Å². The molecule has 0 atom stereocenters. The average Bonchev–Trinajstić information content (AvgIpc) is 2.54. The maximum Gasteiger partial charge on any atom is 0.341 e. The second-order valence-corrected chi connectivity index (χ2v) is 4.46. The van der Waals surface area contributed by atoms with Crippen molar-refractivity contribution in [2.24, 2.45) is 5.10 Å². The largest absolute Gasteiger partial charge is 0.482 e. The molecular weight excluding hydrogens is 303 g/mol. The average molecular weight is 316 g/mol. The van der Waals surface area contributed by atoms with Gasteiger partial charge in [0.25, 0.3) is 5.91 Å². The van der Waals surface area contributed by atoms with Gasteiger partial charge < -0.3 is 9.84 Å². The van der Waals surface area contributed by atoms with Crippen molar-refractivity contribution in [3.8, 4) is 5.75 Å². The third-order valence-electron chi connectivity index (χ3n) is 2.73. The van der Waals surface area contributed by atoms with Gasteiger partial charge in [-0.1, -0.05) is 0 Å². The molecule has 0 saturated heterocycles. The summed E-state index contributed by atoms with van der Waals surface area (Å²) < 4.78 is 17.7. The van der Waals surface area contributed by atoms with Crippen LogP contribution in [0.3, 0.4) is 0 Å². The van der Waals surface area contributed by atoms with Crippen molar-refractivity contribution in [2.75, 3.05) is 6.61 Å². The fourth-order valence-corrected chi connectivity index (χ4v) is 1.63. The molecule has 0 spiro atoms. The van der Waals surface area contributed by atoms with Gasteiger partial charge in [-0.2, -0.15) is 5.10 Å². The molecule has 1 amide bonds. The summed E-state index contributed by atoms with van der Waals surface area (Å²) in [5.41, 5.74) is 3.30. The number of halogens is 1. The number of carbonyl (C=O) groups is 2. The van der Waals surface area contributed by atoms with Crippen molar-refractivity contribution >= 4 is 18.1 Å². The Hall–Kier alpha value is -3.22. The third kappa shape index (κ3) is 5.24. The highest BCUT2D eigenvalue weighted by molar-refractivity contribution is 5.94. The predicted octanol–water partition coefficient (Wildman–Crippen LogP) is 2.05. The highest BCUT2D eigenvalue weighted by Gasteiger charge is 2.03. The van der Waals surface area contributed by atoms with Gasteiger partial charge in [-0.05, 0) is 54.1 Å². The summed E-state index contributed by atoms with van der Waals surface area (Å²) >= 11 is 0. The highest BCUT2D eigenvalue weighted by Crippen LogP contribution is 2.10. The molecule has 0 aromatic heterocycles. The number of aliphatic carboxylic acids is 1. The Morgan fingerprint density at radius 1 is 1.13 bits per heavy atom. The number of rotatable bonds is 6. The van der Waals surface area contributed by atoms with Crippen LogP contribution in [0.4, 0.5) is 4.39 Å². The predicted molar refractivity (Wildman–Crippen MR) is 81.0 cm³/mol. The molecule has 2 aromatic carbocycles. The van der Waals surface area contributed by atoms with E-state index in [0.29, 0.717) is 16.9 Å².